The van der Waals surface area contributed by atoms with E-state index in [1.807, 2.05) is 0 Å². The third-order valence-corrected chi connectivity index (χ3v) is 3.92. The summed E-state index contributed by atoms with van der Waals surface area (Å²) >= 11 is 1.11. The molecular formula is C10H16N4O2S. The van der Waals surface area contributed by atoms with E-state index in [1.54, 1.807) is 0 Å². The Bertz CT molecular complexity index is 387. The quantitative estimate of drug-likeness (QED) is 0.658. The summed E-state index contributed by atoms with van der Waals surface area (Å²) in [6.45, 7) is 5.43. The van der Waals surface area contributed by atoms with Crippen LogP contribution in [0.5, 0.6) is 0 Å². The molecule has 2 rings (SSSR count). The van der Waals surface area contributed by atoms with Crippen LogP contribution in [0.2, 0.25) is 0 Å². The van der Waals surface area contributed by atoms with Crippen LogP contribution in [0.15, 0.2) is 6.20 Å². The molecular weight excluding hydrogens is 240 g/mol. The number of thiazole rings is 1. The molecule has 1 fully saturated rings. The van der Waals surface area contributed by atoms with Crippen molar-refractivity contribution in [1.29, 1.82) is 0 Å². The fourth-order valence-electron chi connectivity index (χ4n) is 1.98. The summed E-state index contributed by atoms with van der Waals surface area (Å²) in [6.07, 6.45) is 3.45. The first kappa shape index (κ1) is 12.3. The lowest BCUT2D eigenvalue weighted by Gasteiger charge is -2.31. The Morgan fingerprint density at radius 3 is 2.88 bits per heavy atom. The van der Waals surface area contributed by atoms with Gasteiger partial charge in [-0.3, -0.25) is 10.1 Å². The summed E-state index contributed by atoms with van der Waals surface area (Å²) in [5.41, 5.74) is 0. The van der Waals surface area contributed by atoms with Crippen LogP contribution >= 0.6 is 11.3 Å². The lowest BCUT2D eigenvalue weighted by molar-refractivity contribution is -0.380. The van der Waals surface area contributed by atoms with E-state index >= 15 is 0 Å². The van der Waals surface area contributed by atoms with Crippen LogP contribution in [0.25, 0.3) is 0 Å². The molecule has 2 heterocycles. The highest BCUT2D eigenvalue weighted by Crippen LogP contribution is 2.26. The molecule has 1 aromatic heterocycles. The number of hydrogen-bond acceptors (Lipinski definition) is 6. The first-order valence-corrected chi connectivity index (χ1v) is 6.59. The van der Waals surface area contributed by atoms with Crippen LogP contribution in [0.3, 0.4) is 0 Å². The van der Waals surface area contributed by atoms with Crippen LogP contribution < -0.4 is 5.32 Å². The third-order valence-electron chi connectivity index (χ3n) is 3.04. The summed E-state index contributed by atoms with van der Waals surface area (Å²) in [4.78, 5) is 16.6. The Morgan fingerprint density at radius 1 is 1.65 bits per heavy atom. The molecule has 0 aromatic carbocycles. The lowest BCUT2D eigenvalue weighted by Crippen LogP contribution is -2.38. The number of anilines is 1. The van der Waals surface area contributed by atoms with Gasteiger partial charge in [0.15, 0.2) is 5.13 Å². The normalized spacial score (nSPS) is 18.2. The molecule has 0 atom stereocenters. The minimum absolute atomic E-state index is 0.0958. The molecule has 1 saturated heterocycles. The van der Waals surface area contributed by atoms with E-state index in [-0.39, 0.29) is 5.00 Å². The predicted octanol–water partition coefficient (Wildman–Crippen LogP) is 1.95. The maximum absolute atomic E-state index is 10.5. The Hall–Kier alpha value is -1.21. The SMILES string of the molecule is CCN1CCC(Nc2ncc([N+](=O)[O-])s2)CC1. The minimum Gasteiger partial charge on any atom is -0.359 e. The van der Waals surface area contributed by atoms with E-state index in [0.29, 0.717) is 11.2 Å². The average Bonchev–Trinajstić information content (AvgIpc) is 2.79. The average molecular weight is 256 g/mol. The molecule has 94 valence electrons. The fourth-order valence-corrected chi connectivity index (χ4v) is 2.69. The number of nitrogens with one attached hydrogen (secondary N) is 1. The van der Waals surface area contributed by atoms with Gasteiger partial charge in [0, 0.05) is 19.1 Å². The Morgan fingerprint density at radius 2 is 2.35 bits per heavy atom. The van der Waals surface area contributed by atoms with Crippen molar-refractivity contribution >= 4 is 21.5 Å². The van der Waals surface area contributed by atoms with E-state index < -0.39 is 4.92 Å². The number of aromatic nitrogens is 1. The first-order valence-electron chi connectivity index (χ1n) is 5.78. The summed E-state index contributed by atoms with van der Waals surface area (Å²) in [7, 11) is 0. The number of nitrogens with zero attached hydrogens (tertiary/aromatic N) is 3. The van der Waals surface area contributed by atoms with Crippen LogP contribution in [0.4, 0.5) is 10.1 Å². The monoisotopic (exact) mass is 256 g/mol. The zero-order chi connectivity index (χ0) is 12.3. The fraction of sp³-hybridized carbons (Fsp3) is 0.700. The summed E-state index contributed by atoms with van der Waals surface area (Å²) in [5.74, 6) is 0. The molecule has 6 nitrogen and oxygen atoms in total. The van der Waals surface area contributed by atoms with Crippen molar-refractivity contribution < 1.29 is 4.92 Å². The highest BCUT2D eigenvalue weighted by Gasteiger charge is 2.20. The van der Waals surface area contributed by atoms with Crippen LogP contribution in [0.1, 0.15) is 19.8 Å². The summed E-state index contributed by atoms with van der Waals surface area (Å²) < 4.78 is 0. The van der Waals surface area contributed by atoms with E-state index in [9.17, 15) is 10.1 Å². The molecule has 1 N–H and O–H groups in total. The zero-order valence-corrected chi connectivity index (χ0v) is 10.6. The topological polar surface area (TPSA) is 71.3 Å². The largest absolute Gasteiger partial charge is 0.359 e. The van der Waals surface area contributed by atoms with Crippen molar-refractivity contribution in [2.75, 3.05) is 25.0 Å². The second-order valence-electron chi connectivity index (χ2n) is 4.11. The molecule has 7 heteroatoms. The molecule has 0 spiro atoms. The van der Waals surface area contributed by atoms with E-state index in [0.717, 1.165) is 43.8 Å². The predicted molar refractivity (Wildman–Crippen MR) is 67.5 cm³/mol. The first-order chi connectivity index (χ1) is 8.19. The van der Waals surface area contributed by atoms with Gasteiger partial charge in [-0.05, 0) is 30.7 Å². The number of rotatable bonds is 4. The number of piperidine rings is 1. The maximum atomic E-state index is 10.5. The van der Waals surface area contributed by atoms with E-state index in [1.165, 1.54) is 6.20 Å². The standard InChI is InChI=1S/C10H16N4O2S/c1-2-13-5-3-8(4-6-13)12-10-11-7-9(17-10)14(15)16/h7-8H,2-6H2,1H3,(H,11,12). The van der Waals surface area contributed by atoms with Crippen molar-refractivity contribution in [3.63, 3.8) is 0 Å². The van der Waals surface area contributed by atoms with Gasteiger partial charge in [-0.2, -0.15) is 0 Å². The van der Waals surface area contributed by atoms with Crippen molar-refractivity contribution in [2.45, 2.75) is 25.8 Å². The van der Waals surface area contributed by atoms with Gasteiger partial charge in [0.25, 0.3) is 0 Å². The van der Waals surface area contributed by atoms with Crippen molar-refractivity contribution in [3.8, 4) is 0 Å². The molecule has 0 bridgehead atoms. The second-order valence-corrected chi connectivity index (χ2v) is 5.12. The Kier molecular flexibility index (Phi) is 3.90. The molecule has 0 radical (unpaired) electrons. The minimum atomic E-state index is -0.400. The second kappa shape index (κ2) is 5.42. The number of hydrogen-bond donors (Lipinski definition) is 1. The smallest absolute Gasteiger partial charge is 0.345 e. The lowest BCUT2D eigenvalue weighted by atomic mass is 10.1. The highest BCUT2D eigenvalue weighted by atomic mass is 32.1. The highest BCUT2D eigenvalue weighted by molar-refractivity contribution is 7.18. The van der Waals surface area contributed by atoms with Crippen molar-refractivity contribution in [1.82, 2.24) is 9.88 Å². The van der Waals surface area contributed by atoms with Gasteiger partial charge in [-0.1, -0.05) is 6.92 Å². The van der Waals surface area contributed by atoms with Gasteiger partial charge < -0.3 is 10.2 Å². The van der Waals surface area contributed by atoms with E-state index in [4.69, 9.17) is 0 Å². The number of nitro groups is 1. The molecule has 1 aliphatic rings. The van der Waals surface area contributed by atoms with Crippen LogP contribution in [-0.4, -0.2) is 40.5 Å². The maximum Gasteiger partial charge on any atom is 0.345 e. The molecule has 0 aliphatic carbocycles. The molecule has 0 saturated carbocycles. The zero-order valence-electron chi connectivity index (χ0n) is 9.76. The Labute approximate surface area is 104 Å². The van der Waals surface area contributed by atoms with Gasteiger partial charge in [0.05, 0.1) is 4.92 Å². The molecule has 1 aromatic rings. The van der Waals surface area contributed by atoms with E-state index in [2.05, 4.69) is 22.1 Å². The van der Waals surface area contributed by atoms with Crippen LogP contribution in [0, 0.1) is 10.1 Å². The van der Waals surface area contributed by atoms with Gasteiger partial charge in [-0.15, -0.1) is 0 Å². The van der Waals surface area contributed by atoms with Crippen LogP contribution in [-0.2, 0) is 0 Å². The number of likely N-dealkylation sites (tertiary alicyclic amines) is 1. The third kappa shape index (κ3) is 3.13. The van der Waals surface area contributed by atoms with Crippen molar-refractivity contribution in [2.24, 2.45) is 0 Å². The van der Waals surface area contributed by atoms with Gasteiger partial charge in [0.1, 0.15) is 6.20 Å². The summed E-state index contributed by atoms with van der Waals surface area (Å²) in [5, 5.41) is 14.6. The van der Waals surface area contributed by atoms with Gasteiger partial charge >= 0.3 is 5.00 Å². The van der Waals surface area contributed by atoms with Gasteiger partial charge in [-0.25, -0.2) is 4.98 Å². The Balaban J connectivity index is 1.86. The summed E-state index contributed by atoms with van der Waals surface area (Å²) in [6, 6.07) is 0.392. The molecule has 0 unspecified atom stereocenters. The molecule has 17 heavy (non-hydrogen) atoms. The molecule has 0 amide bonds. The van der Waals surface area contributed by atoms with Gasteiger partial charge in [0.2, 0.25) is 0 Å². The molecule has 1 aliphatic heterocycles. The van der Waals surface area contributed by atoms with Crippen molar-refractivity contribution in [3.05, 3.63) is 16.3 Å².